The standard InChI is InChI=1S/C21H26N6O4/c1-23-19-18(20(30)24(2)21(23)31)26(12-22-19)11-15(28)10-25-7-13-6-14(9-25)16-4-3-5-17(29)27(16)8-13/h3-5,12-15,28H,6-11H2,1-2H3/p+1/t13-,14-,15?/m0/s1. The van der Waals surface area contributed by atoms with E-state index >= 15 is 0 Å². The van der Waals surface area contributed by atoms with E-state index in [1.165, 1.54) is 22.8 Å². The Balaban J connectivity index is 1.34. The number of imidazole rings is 1. The van der Waals surface area contributed by atoms with Crippen LogP contribution in [0.2, 0.25) is 0 Å². The van der Waals surface area contributed by atoms with Crippen LogP contribution >= 0.6 is 0 Å². The van der Waals surface area contributed by atoms with Crippen LogP contribution in [0.4, 0.5) is 0 Å². The maximum Gasteiger partial charge on any atom is 0.332 e. The highest BCUT2D eigenvalue weighted by atomic mass is 16.3. The molecule has 2 aliphatic rings. The van der Waals surface area contributed by atoms with Crippen molar-refractivity contribution in [1.82, 2.24) is 23.3 Å². The number of aromatic nitrogens is 5. The van der Waals surface area contributed by atoms with E-state index in [0.717, 1.165) is 36.3 Å². The average Bonchev–Trinajstić information content (AvgIpc) is 3.15. The van der Waals surface area contributed by atoms with E-state index < -0.39 is 17.4 Å². The van der Waals surface area contributed by atoms with Crippen LogP contribution in [0.3, 0.4) is 0 Å². The van der Waals surface area contributed by atoms with E-state index in [1.807, 2.05) is 16.7 Å². The maximum atomic E-state index is 12.6. The number of nitrogens with zero attached hydrogens (tertiary/aromatic N) is 5. The molecule has 1 saturated heterocycles. The number of pyridine rings is 1. The second-order valence-electron chi connectivity index (χ2n) is 8.99. The van der Waals surface area contributed by atoms with Crippen LogP contribution < -0.4 is 21.7 Å². The number of aliphatic hydroxyl groups excluding tert-OH is 1. The van der Waals surface area contributed by atoms with Crippen molar-refractivity contribution < 1.29 is 10.0 Å². The largest absolute Gasteiger partial charge is 0.385 e. The summed E-state index contributed by atoms with van der Waals surface area (Å²) < 4.78 is 5.95. The van der Waals surface area contributed by atoms with Gasteiger partial charge in [0.1, 0.15) is 12.6 Å². The fraction of sp³-hybridized carbons (Fsp3) is 0.524. The van der Waals surface area contributed by atoms with Gasteiger partial charge in [-0.25, -0.2) is 9.78 Å². The first-order valence-electron chi connectivity index (χ1n) is 10.7. The molecule has 0 aliphatic carbocycles. The van der Waals surface area contributed by atoms with Gasteiger partial charge < -0.3 is 19.1 Å². The van der Waals surface area contributed by atoms with Gasteiger partial charge in [-0.1, -0.05) is 6.07 Å². The lowest BCUT2D eigenvalue weighted by atomic mass is 9.83. The lowest BCUT2D eigenvalue weighted by Crippen LogP contribution is -3.15. The van der Waals surface area contributed by atoms with E-state index in [0.29, 0.717) is 29.5 Å². The molecule has 2 bridgehead atoms. The van der Waals surface area contributed by atoms with Gasteiger partial charge in [-0.2, -0.15) is 0 Å². The lowest BCUT2D eigenvalue weighted by Gasteiger charge is -2.40. The van der Waals surface area contributed by atoms with E-state index in [9.17, 15) is 19.5 Å². The van der Waals surface area contributed by atoms with Crippen molar-refractivity contribution >= 4 is 11.2 Å². The minimum atomic E-state index is -0.661. The van der Waals surface area contributed by atoms with Crippen LogP contribution in [0, 0.1) is 5.92 Å². The van der Waals surface area contributed by atoms with Gasteiger partial charge >= 0.3 is 5.69 Å². The number of hydrogen-bond acceptors (Lipinski definition) is 5. The highest BCUT2D eigenvalue weighted by molar-refractivity contribution is 5.69. The van der Waals surface area contributed by atoms with Gasteiger partial charge in [0.25, 0.3) is 11.1 Å². The highest BCUT2D eigenvalue weighted by Gasteiger charge is 2.37. The Morgan fingerprint density at radius 3 is 2.81 bits per heavy atom. The molecule has 0 amide bonds. The molecule has 5 heterocycles. The first kappa shape index (κ1) is 20.0. The minimum Gasteiger partial charge on any atom is -0.385 e. The molecule has 3 aromatic heterocycles. The monoisotopic (exact) mass is 427 g/mol. The summed E-state index contributed by atoms with van der Waals surface area (Å²) in [4.78, 5) is 42.4. The van der Waals surface area contributed by atoms with Gasteiger partial charge in [-0.3, -0.25) is 18.7 Å². The van der Waals surface area contributed by atoms with Crippen LogP contribution in [-0.4, -0.2) is 54.1 Å². The smallest absolute Gasteiger partial charge is 0.332 e. The summed E-state index contributed by atoms with van der Waals surface area (Å²) >= 11 is 0. The third kappa shape index (κ3) is 3.26. The van der Waals surface area contributed by atoms with Crippen LogP contribution in [0.5, 0.6) is 0 Å². The lowest BCUT2D eigenvalue weighted by molar-refractivity contribution is -0.914. The van der Waals surface area contributed by atoms with Gasteiger partial charge in [-0.15, -0.1) is 0 Å². The zero-order valence-electron chi connectivity index (χ0n) is 17.7. The number of fused-ring (bicyclic) bond motifs is 5. The molecule has 0 spiro atoms. The molecular formula is C21H27N6O4+. The zero-order chi connectivity index (χ0) is 21.9. The summed E-state index contributed by atoms with van der Waals surface area (Å²) in [5, 5.41) is 10.8. The Morgan fingerprint density at radius 1 is 1.19 bits per heavy atom. The molecule has 0 saturated carbocycles. The molecule has 0 aromatic carbocycles. The highest BCUT2D eigenvalue weighted by Crippen LogP contribution is 2.30. The first-order valence-corrected chi connectivity index (χ1v) is 10.7. The topological polar surface area (TPSA) is 108 Å². The number of rotatable bonds is 4. The molecule has 2 aliphatic heterocycles. The number of piperidine rings is 1. The molecular weight excluding hydrogens is 400 g/mol. The van der Waals surface area contributed by atoms with Gasteiger partial charge in [0.15, 0.2) is 11.2 Å². The Bertz CT molecular complexity index is 1330. The van der Waals surface area contributed by atoms with Gasteiger partial charge in [-0.05, 0) is 12.5 Å². The van der Waals surface area contributed by atoms with Crippen molar-refractivity contribution in [3.8, 4) is 0 Å². The molecule has 5 rings (SSSR count). The van der Waals surface area contributed by atoms with Gasteiger partial charge in [0.05, 0.1) is 26.0 Å². The number of likely N-dealkylation sites (tertiary alicyclic amines) is 1. The Kier molecular flexibility index (Phi) is 4.71. The molecule has 10 heteroatoms. The van der Waals surface area contributed by atoms with Gasteiger partial charge in [0.2, 0.25) is 0 Å². The number of aliphatic hydroxyl groups is 1. The van der Waals surface area contributed by atoms with Crippen molar-refractivity contribution in [2.75, 3.05) is 19.6 Å². The molecule has 3 aromatic rings. The molecule has 2 N–H and O–H groups in total. The summed E-state index contributed by atoms with van der Waals surface area (Å²) in [6.45, 7) is 3.31. The summed E-state index contributed by atoms with van der Waals surface area (Å²) in [5.41, 5.74) is 0.973. The Labute approximate surface area is 177 Å². The van der Waals surface area contributed by atoms with E-state index in [1.54, 1.807) is 17.7 Å². The minimum absolute atomic E-state index is 0.0682. The molecule has 2 unspecified atom stereocenters. The number of nitrogens with one attached hydrogen (secondary N) is 1. The van der Waals surface area contributed by atoms with Crippen molar-refractivity contribution in [3.63, 3.8) is 0 Å². The Hall–Kier alpha value is -2.98. The predicted octanol–water partition coefficient (Wildman–Crippen LogP) is -2.34. The fourth-order valence-corrected chi connectivity index (χ4v) is 5.45. The van der Waals surface area contributed by atoms with Crippen molar-refractivity contribution in [2.45, 2.75) is 31.5 Å². The predicted molar refractivity (Wildman–Crippen MR) is 113 cm³/mol. The maximum absolute atomic E-state index is 12.6. The van der Waals surface area contributed by atoms with E-state index in [4.69, 9.17) is 0 Å². The molecule has 164 valence electrons. The zero-order valence-corrected chi connectivity index (χ0v) is 17.7. The van der Waals surface area contributed by atoms with Crippen LogP contribution in [-0.2, 0) is 27.2 Å². The van der Waals surface area contributed by atoms with Crippen molar-refractivity contribution in [2.24, 2.45) is 20.0 Å². The third-order valence-electron chi connectivity index (χ3n) is 6.82. The summed E-state index contributed by atoms with van der Waals surface area (Å²) in [6.07, 6.45) is 1.93. The average molecular weight is 427 g/mol. The van der Waals surface area contributed by atoms with Crippen molar-refractivity contribution in [1.29, 1.82) is 0 Å². The first-order chi connectivity index (χ1) is 14.8. The number of hydrogen-bond donors (Lipinski definition) is 2. The summed E-state index contributed by atoms with van der Waals surface area (Å²) in [7, 11) is 3.02. The number of aryl methyl sites for hydroxylation is 1. The van der Waals surface area contributed by atoms with Crippen molar-refractivity contribution in [3.05, 3.63) is 61.4 Å². The van der Waals surface area contributed by atoms with Crippen LogP contribution in [0.25, 0.3) is 11.2 Å². The fourth-order valence-electron chi connectivity index (χ4n) is 5.45. The normalized spacial score (nSPS) is 23.6. The van der Waals surface area contributed by atoms with Crippen LogP contribution in [0.1, 0.15) is 18.0 Å². The molecule has 31 heavy (non-hydrogen) atoms. The summed E-state index contributed by atoms with van der Waals surface area (Å²) in [5.74, 6) is 0.740. The van der Waals surface area contributed by atoms with E-state index in [-0.39, 0.29) is 12.1 Å². The molecule has 1 fully saturated rings. The molecule has 4 atom stereocenters. The van der Waals surface area contributed by atoms with Crippen LogP contribution in [0.15, 0.2) is 38.9 Å². The second-order valence-corrected chi connectivity index (χ2v) is 8.99. The SMILES string of the molecule is Cn1c(=O)c2c(ncn2CC(O)C[NH+]2C[C@@H]3C[C@@H](C2)c2cccc(=O)n2C3)n(C)c1=O. The quantitative estimate of drug-likeness (QED) is 0.485. The molecule has 10 nitrogen and oxygen atoms in total. The van der Waals surface area contributed by atoms with E-state index in [2.05, 4.69) is 4.98 Å². The summed E-state index contributed by atoms with van der Waals surface area (Å²) in [6, 6.07) is 5.49. The Morgan fingerprint density at radius 2 is 2.00 bits per heavy atom. The molecule has 0 radical (unpaired) electrons. The third-order valence-corrected chi connectivity index (χ3v) is 6.82. The second kappa shape index (κ2) is 7.31. The van der Waals surface area contributed by atoms with Gasteiger partial charge in [0, 0.05) is 44.2 Å². The number of quaternary nitrogens is 1.